The molecule has 4 heteroatoms. The van der Waals surface area contributed by atoms with Gasteiger partial charge in [0.2, 0.25) is 0 Å². The maximum Gasteiger partial charge on any atom is 0.0617 e. The Kier molecular flexibility index (Phi) is 8.89. The van der Waals surface area contributed by atoms with E-state index in [2.05, 4.69) is 141 Å². The second-order valence-corrected chi connectivity index (χ2v) is 17.5. The van der Waals surface area contributed by atoms with Crippen LogP contribution >= 0.6 is 0 Å². The van der Waals surface area contributed by atoms with E-state index in [1.807, 2.05) is 0 Å². The van der Waals surface area contributed by atoms with Crippen molar-refractivity contribution in [3.8, 4) is 0 Å². The largest absolute Gasteiger partial charge is 0.372 e. The van der Waals surface area contributed by atoms with Crippen LogP contribution in [0.15, 0.2) is 133 Å². The summed E-state index contributed by atoms with van der Waals surface area (Å²) >= 11 is 0. The van der Waals surface area contributed by atoms with Crippen LogP contribution in [0.25, 0.3) is 21.5 Å². The van der Waals surface area contributed by atoms with Gasteiger partial charge in [0.15, 0.2) is 0 Å². The molecule has 0 spiro atoms. The van der Waals surface area contributed by atoms with Crippen molar-refractivity contribution in [1.82, 2.24) is 0 Å². The molecule has 4 atom stereocenters. The minimum Gasteiger partial charge on any atom is -0.372 e. The highest BCUT2D eigenvalue weighted by Crippen LogP contribution is 2.53. The molecular weight excluding hydrogens is 681 g/mol. The Balaban J connectivity index is 1.26. The minimum atomic E-state index is 0.292. The molecule has 7 aliphatic rings. The van der Waals surface area contributed by atoms with Crippen molar-refractivity contribution in [3.63, 3.8) is 0 Å². The molecule has 0 aromatic heterocycles. The van der Waals surface area contributed by atoms with E-state index in [0.717, 1.165) is 51.9 Å². The molecule has 0 amide bonds. The van der Waals surface area contributed by atoms with Crippen molar-refractivity contribution in [1.29, 1.82) is 0 Å². The third-order valence-electron chi connectivity index (χ3n) is 14.3. The van der Waals surface area contributed by atoms with Gasteiger partial charge >= 0.3 is 0 Å². The molecule has 0 radical (unpaired) electrons. The third kappa shape index (κ3) is 5.85. The lowest BCUT2D eigenvalue weighted by Gasteiger charge is -2.43. The zero-order valence-electron chi connectivity index (χ0n) is 33.0. The Morgan fingerprint density at radius 1 is 0.518 bits per heavy atom. The van der Waals surface area contributed by atoms with Gasteiger partial charge in [0.25, 0.3) is 0 Å². The molecule has 3 aliphatic carbocycles. The Morgan fingerprint density at radius 3 is 1.77 bits per heavy atom. The average Bonchev–Trinajstić information content (AvgIpc) is 3.54. The van der Waals surface area contributed by atoms with E-state index in [1.165, 1.54) is 118 Å². The summed E-state index contributed by atoms with van der Waals surface area (Å²) in [7, 11) is 0. The molecule has 4 heterocycles. The number of piperidine rings is 2. The number of anilines is 5. The van der Waals surface area contributed by atoms with Gasteiger partial charge < -0.3 is 19.6 Å². The van der Waals surface area contributed by atoms with E-state index in [1.54, 1.807) is 0 Å². The zero-order chi connectivity index (χ0) is 37.0. The molecule has 56 heavy (non-hydrogen) atoms. The fraction of sp³-hybridized carbons (Fsp3) is 0.385. The van der Waals surface area contributed by atoms with Crippen LogP contribution in [0.1, 0.15) is 76.2 Å². The van der Waals surface area contributed by atoms with Crippen molar-refractivity contribution in [2.24, 2.45) is 11.8 Å². The van der Waals surface area contributed by atoms with Gasteiger partial charge in [-0.05, 0) is 119 Å². The molecule has 0 bridgehead atoms. The maximum absolute atomic E-state index is 2.90. The number of aryl methyl sites for hydroxylation is 1. The number of benzene rings is 4. The number of hydrogen-bond acceptors (Lipinski definition) is 4. The van der Waals surface area contributed by atoms with Crippen molar-refractivity contribution in [3.05, 3.63) is 138 Å². The predicted octanol–water partition coefficient (Wildman–Crippen LogP) is 12.5. The molecule has 4 aliphatic heterocycles. The highest BCUT2D eigenvalue weighted by molar-refractivity contribution is 6.22. The summed E-state index contributed by atoms with van der Waals surface area (Å²) in [4.78, 5) is 11.0. The number of allylic oxidation sites excluding steroid dienone is 8. The third-order valence-corrected chi connectivity index (χ3v) is 14.3. The Labute approximate surface area is 333 Å². The smallest absolute Gasteiger partial charge is 0.0617 e. The second-order valence-electron chi connectivity index (χ2n) is 17.5. The fourth-order valence-electron chi connectivity index (χ4n) is 11.5. The average molecular weight is 737 g/mol. The minimum absolute atomic E-state index is 0.292. The Morgan fingerprint density at radius 2 is 1.11 bits per heavy atom. The molecule has 4 aromatic rings. The van der Waals surface area contributed by atoms with Crippen molar-refractivity contribution < 1.29 is 0 Å². The van der Waals surface area contributed by atoms with Crippen molar-refractivity contribution >= 4 is 50.0 Å². The first-order valence-corrected chi connectivity index (χ1v) is 22.1. The van der Waals surface area contributed by atoms with Crippen LogP contribution in [0, 0.1) is 11.8 Å². The number of hydrogen-bond donors (Lipinski definition) is 0. The van der Waals surface area contributed by atoms with Crippen molar-refractivity contribution in [2.75, 3.05) is 45.8 Å². The quantitative estimate of drug-likeness (QED) is 0.193. The van der Waals surface area contributed by atoms with Gasteiger partial charge in [-0.25, -0.2) is 0 Å². The number of fused-ring (bicyclic) bond motifs is 5. The summed E-state index contributed by atoms with van der Waals surface area (Å²) < 4.78 is 0. The molecule has 3 saturated heterocycles. The monoisotopic (exact) mass is 736 g/mol. The summed E-state index contributed by atoms with van der Waals surface area (Å²) in [5, 5.41) is 5.57. The lowest BCUT2D eigenvalue weighted by molar-refractivity contribution is 0.518. The van der Waals surface area contributed by atoms with E-state index in [4.69, 9.17) is 0 Å². The lowest BCUT2D eigenvalue weighted by Crippen LogP contribution is -2.47. The topological polar surface area (TPSA) is 13.0 Å². The molecule has 4 nitrogen and oxygen atoms in total. The van der Waals surface area contributed by atoms with Gasteiger partial charge in [-0.2, -0.15) is 0 Å². The Bertz CT molecular complexity index is 2310. The predicted molar refractivity (Wildman–Crippen MR) is 239 cm³/mol. The highest BCUT2D eigenvalue weighted by Gasteiger charge is 2.40. The molecule has 4 unspecified atom stereocenters. The first-order valence-electron chi connectivity index (χ1n) is 22.1. The van der Waals surface area contributed by atoms with Crippen LogP contribution < -0.4 is 19.6 Å². The molecule has 3 fully saturated rings. The number of nitrogens with zero attached hydrogens (tertiary/aromatic N) is 4. The van der Waals surface area contributed by atoms with E-state index in [0.29, 0.717) is 23.9 Å². The van der Waals surface area contributed by atoms with Gasteiger partial charge in [0.05, 0.1) is 23.5 Å². The van der Waals surface area contributed by atoms with Crippen LogP contribution in [0.3, 0.4) is 0 Å². The fourth-order valence-corrected chi connectivity index (χ4v) is 11.5. The number of para-hydroxylation sites is 1. The van der Waals surface area contributed by atoms with Gasteiger partial charge in [-0.15, -0.1) is 0 Å². The molecule has 4 aromatic carbocycles. The normalized spacial score (nSPS) is 25.9. The summed E-state index contributed by atoms with van der Waals surface area (Å²) in [6.07, 6.45) is 38.7. The molecular formula is C52H56N4. The molecule has 11 rings (SSSR count). The van der Waals surface area contributed by atoms with Gasteiger partial charge in [-0.1, -0.05) is 91.1 Å². The van der Waals surface area contributed by atoms with Crippen LogP contribution in [-0.2, 0) is 6.42 Å². The summed E-state index contributed by atoms with van der Waals surface area (Å²) in [6.45, 7) is 4.56. The Hall–Kier alpha value is -4.96. The number of rotatable bonds is 4. The van der Waals surface area contributed by atoms with E-state index in [9.17, 15) is 0 Å². The van der Waals surface area contributed by atoms with E-state index < -0.39 is 0 Å². The van der Waals surface area contributed by atoms with Gasteiger partial charge in [0, 0.05) is 82.3 Å². The maximum atomic E-state index is 2.90. The SMILES string of the molecule is C1=CC2CCC3C=CC=CC3N(c3c4ccc(N5CCCCC5)cc4c(N4C5=C(C=CCC5)CCc5ccccc54)c4ccc(N5CCCCC5)cc34)C2C=C1. The summed E-state index contributed by atoms with van der Waals surface area (Å²) in [5.74, 6) is 0.962. The van der Waals surface area contributed by atoms with E-state index >= 15 is 0 Å². The van der Waals surface area contributed by atoms with Gasteiger partial charge in [-0.3, -0.25) is 0 Å². The van der Waals surface area contributed by atoms with Crippen LogP contribution in [0.2, 0.25) is 0 Å². The van der Waals surface area contributed by atoms with E-state index in [-0.39, 0.29) is 0 Å². The molecule has 284 valence electrons. The van der Waals surface area contributed by atoms with Crippen LogP contribution in [0.5, 0.6) is 0 Å². The van der Waals surface area contributed by atoms with Crippen LogP contribution in [0.4, 0.5) is 28.4 Å². The summed E-state index contributed by atoms with van der Waals surface area (Å²) in [6, 6.07) is 25.2. The molecule has 0 N–H and O–H groups in total. The van der Waals surface area contributed by atoms with Crippen LogP contribution in [-0.4, -0.2) is 38.3 Å². The first-order chi connectivity index (χ1) is 27.8. The van der Waals surface area contributed by atoms with Crippen molar-refractivity contribution in [2.45, 2.75) is 89.1 Å². The lowest BCUT2D eigenvalue weighted by atomic mass is 9.88. The first kappa shape index (κ1) is 34.3. The second kappa shape index (κ2) is 14.5. The van der Waals surface area contributed by atoms with Gasteiger partial charge in [0.1, 0.15) is 0 Å². The highest BCUT2D eigenvalue weighted by atomic mass is 15.2. The zero-order valence-corrected chi connectivity index (χ0v) is 33.0. The standard InChI is InChI=1S/C52H56N4/c1-11-31-53(32-12-1)41-27-29-43-45(35-41)51(55-47-19-7-3-15-37(47)23-24-38-16-4-8-20-48(38)55)44-30-28-42(54-33-13-2-14-34-54)36-46(44)52(43)56-49-21-9-5-17-39(49)25-26-40-18-6-10-22-50(40)56/h3-9,15-21,27-30,35-38,47-48H,1-2,10-14,22-26,31-34H2. The molecule has 0 saturated carbocycles. The summed E-state index contributed by atoms with van der Waals surface area (Å²) in [5.41, 5.74) is 11.4.